The maximum Gasteiger partial charge on any atom is 0.311 e. The average molecular weight is 380 g/mol. The van der Waals surface area contributed by atoms with Gasteiger partial charge in [0.15, 0.2) is 0 Å². The predicted octanol–water partition coefficient (Wildman–Crippen LogP) is 1.55. The van der Waals surface area contributed by atoms with Crippen molar-refractivity contribution in [1.29, 1.82) is 0 Å². The second-order valence-corrected chi connectivity index (χ2v) is 9.21. The zero-order valence-electron chi connectivity index (χ0n) is 14.8. The molecule has 2 fully saturated rings. The van der Waals surface area contributed by atoms with Gasteiger partial charge in [-0.15, -0.1) is 0 Å². The largest absolute Gasteiger partial charge is 0.481 e. The standard InChI is InChI=1S/C18H24N2O5S/c1-18(17(22)23)10-12-19(13-18)16(21)15-9-5-6-11-20(15)26(24,25)14-7-3-2-4-8-14/h2-4,7-8,15H,5-6,9-13H2,1H3,(H,22,23). The molecule has 142 valence electrons. The van der Waals surface area contributed by atoms with Crippen LogP contribution < -0.4 is 0 Å². The summed E-state index contributed by atoms with van der Waals surface area (Å²) in [7, 11) is -3.76. The van der Waals surface area contributed by atoms with Crippen molar-refractivity contribution >= 4 is 21.9 Å². The number of piperidine rings is 1. The lowest BCUT2D eigenvalue weighted by atomic mass is 9.90. The van der Waals surface area contributed by atoms with Gasteiger partial charge in [0.25, 0.3) is 0 Å². The molecule has 26 heavy (non-hydrogen) atoms. The third-order valence-electron chi connectivity index (χ3n) is 5.39. The number of nitrogens with zero attached hydrogens (tertiary/aromatic N) is 2. The summed E-state index contributed by atoms with van der Waals surface area (Å²) in [6.45, 7) is 2.40. The highest BCUT2D eigenvalue weighted by atomic mass is 32.2. The van der Waals surface area contributed by atoms with Crippen LogP contribution in [0.1, 0.15) is 32.6 Å². The summed E-state index contributed by atoms with van der Waals surface area (Å²) in [6.07, 6.45) is 2.33. The Kier molecular flexibility index (Phi) is 5.07. The van der Waals surface area contributed by atoms with E-state index in [1.807, 2.05) is 0 Å². The van der Waals surface area contributed by atoms with Gasteiger partial charge in [-0.1, -0.05) is 24.6 Å². The van der Waals surface area contributed by atoms with E-state index in [9.17, 15) is 23.1 Å². The van der Waals surface area contributed by atoms with Gasteiger partial charge in [0.1, 0.15) is 6.04 Å². The number of benzene rings is 1. The molecule has 8 heteroatoms. The molecule has 0 bridgehead atoms. The minimum atomic E-state index is -3.76. The molecule has 1 aromatic carbocycles. The second kappa shape index (κ2) is 7.00. The Labute approximate surface area is 153 Å². The molecule has 0 saturated carbocycles. The van der Waals surface area contributed by atoms with Gasteiger partial charge in [-0.25, -0.2) is 8.42 Å². The van der Waals surface area contributed by atoms with E-state index >= 15 is 0 Å². The average Bonchev–Trinajstić information content (AvgIpc) is 3.05. The first-order valence-electron chi connectivity index (χ1n) is 8.85. The number of likely N-dealkylation sites (tertiary alicyclic amines) is 1. The van der Waals surface area contributed by atoms with Crippen molar-refractivity contribution < 1.29 is 23.1 Å². The quantitative estimate of drug-likeness (QED) is 0.855. The second-order valence-electron chi connectivity index (χ2n) is 7.32. The van der Waals surface area contributed by atoms with Gasteiger partial charge in [-0.3, -0.25) is 9.59 Å². The summed E-state index contributed by atoms with van der Waals surface area (Å²) in [6, 6.07) is 7.37. The SMILES string of the molecule is CC1(C(=O)O)CCN(C(=O)C2CCCCN2S(=O)(=O)c2ccccc2)C1. The van der Waals surface area contributed by atoms with Crippen LogP contribution in [-0.4, -0.2) is 60.3 Å². The number of carboxylic acids is 1. The predicted molar refractivity (Wildman–Crippen MR) is 94.9 cm³/mol. The van der Waals surface area contributed by atoms with Crippen LogP contribution in [0, 0.1) is 5.41 Å². The first kappa shape index (κ1) is 18.8. The van der Waals surface area contributed by atoms with Crippen molar-refractivity contribution in [2.75, 3.05) is 19.6 Å². The van der Waals surface area contributed by atoms with Crippen molar-refractivity contribution in [3.05, 3.63) is 30.3 Å². The van der Waals surface area contributed by atoms with E-state index in [-0.39, 0.29) is 17.3 Å². The fraction of sp³-hybridized carbons (Fsp3) is 0.556. The van der Waals surface area contributed by atoms with Crippen LogP contribution >= 0.6 is 0 Å². The molecule has 0 radical (unpaired) electrons. The summed E-state index contributed by atoms with van der Waals surface area (Å²) < 4.78 is 27.3. The van der Waals surface area contributed by atoms with Crippen molar-refractivity contribution in [3.8, 4) is 0 Å². The first-order chi connectivity index (χ1) is 12.3. The van der Waals surface area contributed by atoms with E-state index in [1.54, 1.807) is 25.1 Å². The number of hydrogen-bond donors (Lipinski definition) is 1. The Morgan fingerprint density at radius 3 is 2.46 bits per heavy atom. The molecule has 2 aliphatic rings. The third-order valence-corrected chi connectivity index (χ3v) is 7.31. The van der Waals surface area contributed by atoms with E-state index in [1.165, 1.54) is 21.3 Å². The van der Waals surface area contributed by atoms with Crippen LogP contribution in [0.25, 0.3) is 0 Å². The first-order valence-corrected chi connectivity index (χ1v) is 10.3. The molecule has 0 spiro atoms. The highest BCUT2D eigenvalue weighted by molar-refractivity contribution is 7.89. The fourth-order valence-electron chi connectivity index (χ4n) is 3.70. The number of amides is 1. The number of carboxylic acid groups (broad SMARTS) is 1. The molecule has 7 nitrogen and oxygen atoms in total. The number of sulfonamides is 1. The van der Waals surface area contributed by atoms with Gasteiger partial charge in [0.2, 0.25) is 15.9 Å². The molecule has 2 aliphatic heterocycles. The Morgan fingerprint density at radius 2 is 1.85 bits per heavy atom. The lowest BCUT2D eigenvalue weighted by molar-refractivity contribution is -0.147. The van der Waals surface area contributed by atoms with Gasteiger partial charge in [-0.2, -0.15) is 4.31 Å². The van der Waals surface area contributed by atoms with Crippen LogP contribution in [0.4, 0.5) is 0 Å². The van der Waals surface area contributed by atoms with Gasteiger partial charge >= 0.3 is 5.97 Å². The summed E-state index contributed by atoms with van der Waals surface area (Å²) in [5.74, 6) is -1.21. The van der Waals surface area contributed by atoms with E-state index in [2.05, 4.69) is 0 Å². The molecule has 1 aromatic rings. The fourth-order valence-corrected chi connectivity index (χ4v) is 5.37. The minimum absolute atomic E-state index is 0.122. The maximum atomic E-state index is 13.0. The molecular formula is C18H24N2O5S. The van der Waals surface area contributed by atoms with E-state index in [4.69, 9.17) is 0 Å². The molecule has 3 rings (SSSR count). The lowest BCUT2D eigenvalue weighted by Gasteiger charge is -2.36. The lowest BCUT2D eigenvalue weighted by Crippen LogP contribution is -2.52. The van der Waals surface area contributed by atoms with Crippen LogP contribution in [0.15, 0.2) is 35.2 Å². The van der Waals surface area contributed by atoms with Gasteiger partial charge in [-0.05, 0) is 38.3 Å². The number of carbonyl (C=O) groups is 2. The number of rotatable bonds is 4. The molecule has 1 N–H and O–H groups in total. The van der Waals surface area contributed by atoms with Crippen LogP contribution in [0.5, 0.6) is 0 Å². The van der Waals surface area contributed by atoms with E-state index in [0.29, 0.717) is 32.4 Å². The Balaban J connectivity index is 1.84. The topological polar surface area (TPSA) is 95.0 Å². The van der Waals surface area contributed by atoms with E-state index < -0.39 is 27.4 Å². The van der Waals surface area contributed by atoms with Crippen molar-refractivity contribution in [2.24, 2.45) is 5.41 Å². The molecular weight excluding hydrogens is 356 g/mol. The molecule has 0 aromatic heterocycles. The normalized spacial score (nSPS) is 27.4. The number of aliphatic carboxylic acids is 1. The van der Waals surface area contributed by atoms with Gasteiger partial charge in [0, 0.05) is 19.6 Å². The van der Waals surface area contributed by atoms with Crippen molar-refractivity contribution in [1.82, 2.24) is 9.21 Å². The Bertz CT molecular complexity index is 795. The molecule has 2 atom stereocenters. The molecule has 0 aliphatic carbocycles. The zero-order valence-corrected chi connectivity index (χ0v) is 15.6. The molecule has 2 unspecified atom stereocenters. The third kappa shape index (κ3) is 3.35. The van der Waals surface area contributed by atoms with Crippen LogP contribution in [0.2, 0.25) is 0 Å². The summed E-state index contributed by atoms with van der Waals surface area (Å²) >= 11 is 0. The summed E-state index contributed by atoms with van der Waals surface area (Å²) in [5.41, 5.74) is -0.965. The van der Waals surface area contributed by atoms with Gasteiger partial charge < -0.3 is 10.0 Å². The highest BCUT2D eigenvalue weighted by Crippen LogP contribution is 2.33. The Morgan fingerprint density at radius 1 is 1.15 bits per heavy atom. The van der Waals surface area contributed by atoms with Crippen LogP contribution in [-0.2, 0) is 19.6 Å². The smallest absolute Gasteiger partial charge is 0.311 e. The van der Waals surface area contributed by atoms with Crippen LogP contribution in [0.3, 0.4) is 0 Å². The Hall–Kier alpha value is -1.93. The molecule has 1 amide bonds. The van der Waals surface area contributed by atoms with Gasteiger partial charge in [0.05, 0.1) is 10.3 Å². The summed E-state index contributed by atoms with van der Waals surface area (Å²) in [4.78, 5) is 26.1. The highest BCUT2D eigenvalue weighted by Gasteiger charge is 2.46. The minimum Gasteiger partial charge on any atom is -0.481 e. The monoisotopic (exact) mass is 380 g/mol. The number of carbonyl (C=O) groups excluding carboxylic acids is 1. The van der Waals surface area contributed by atoms with E-state index in [0.717, 1.165) is 6.42 Å². The zero-order chi connectivity index (χ0) is 18.9. The maximum absolute atomic E-state index is 13.0. The number of hydrogen-bond acceptors (Lipinski definition) is 4. The molecule has 2 saturated heterocycles. The summed E-state index contributed by atoms with van der Waals surface area (Å²) in [5, 5.41) is 9.37. The van der Waals surface area contributed by atoms with Crippen molar-refractivity contribution in [2.45, 2.75) is 43.5 Å². The van der Waals surface area contributed by atoms with Crippen molar-refractivity contribution in [3.63, 3.8) is 0 Å². The molecule has 2 heterocycles.